The van der Waals surface area contributed by atoms with E-state index in [1.807, 2.05) is 6.07 Å². The van der Waals surface area contributed by atoms with Crippen molar-refractivity contribution < 1.29 is 4.79 Å². The Morgan fingerprint density at radius 2 is 2.12 bits per heavy atom. The zero-order valence-corrected chi connectivity index (χ0v) is 8.89. The molecule has 1 aliphatic rings. The van der Waals surface area contributed by atoms with E-state index in [0.29, 0.717) is 17.7 Å². The molecule has 2 N–H and O–H groups in total. The Morgan fingerprint density at radius 3 is 2.62 bits per heavy atom. The molecule has 1 aliphatic heterocycles. The Labute approximate surface area is 94.3 Å². The van der Waals surface area contributed by atoms with E-state index >= 15 is 0 Å². The molecule has 82 valence electrons. The van der Waals surface area contributed by atoms with Crippen molar-refractivity contribution in [2.45, 2.75) is 12.5 Å². The first-order chi connectivity index (χ1) is 7.70. The van der Waals surface area contributed by atoms with Gasteiger partial charge in [-0.2, -0.15) is 5.26 Å². The van der Waals surface area contributed by atoms with Crippen LogP contribution in [0.4, 0.5) is 0 Å². The molecular weight excluding hydrogens is 202 g/mol. The lowest BCUT2D eigenvalue weighted by molar-refractivity contribution is 0.0791. The summed E-state index contributed by atoms with van der Waals surface area (Å²) in [7, 11) is 0. The number of carbonyl (C=O) groups is 1. The minimum absolute atomic E-state index is 0.00237. The summed E-state index contributed by atoms with van der Waals surface area (Å²) >= 11 is 0. The van der Waals surface area contributed by atoms with Gasteiger partial charge in [0.2, 0.25) is 0 Å². The molecule has 0 bridgehead atoms. The predicted octanol–water partition coefficient (Wildman–Crippen LogP) is 0.731. The Balaban J connectivity index is 2.12. The van der Waals surface area contributed by atoms with E-state index in [1.165, 1.54) is 0 Å². The number of nitrogens with zero attached hydrogens (tertiary/aromatic N) is 2. The number of likely N-dealkylation sites (tertiary alicyclic amines) is 1. The third-order valence-corrected chi connectivity index (χ3v) is 2.77. The molecule has 1 fully saturated rings. The number of nitriles is 1. The molecule has 16 heavy (non-hydrogen) atoms. The minimum Gasteiger partial charge on any atom is -0.337 e. The second kappa shape index (κ2) is 4.33. The van der Waals surface area contributed by atoms with Gasteiger partial charge < -0.3 is 10.6 Å². The lowest BCUT2D eigenvalue weighted by Crippen LogP contribution is -2.31. The fraction of sp³-hybridized carbons (Fsp3) is 0.333. The van der Waals surface area contributed by atoms with Crippen molar-refractivity contribution in [3.8, 4) is 6.07 Å². The van der Waals surface area contributed by atoms with Crippen LogP contribution in [-0.2, 0) is 0 Å². The van der Waals surface area contributed by atoms with Gasteiger partial charge in [-0.3, -0.25) is 4.79 Å². The maximum absolute atomic E-state index is 12.0. The standard InChI is InChI=1S/C12H13N3O/c13-7-9-1-3-10(4-2-9)12(16)15-6-5-11(14)8-15/h1-4,11H,5-6,8,14H2/t11-/m1/s1. The monoisotopic (exact) mass is 215 g/mol. The molecule has 1 atom stereocenters. The Kier molecular flexibility index (Phi) is 2.88. The molecule has 0 radical (unpaired) electrons. The number of hydrogen-bond donors (Lipinski definition) is 1. The maximum Gasteiger partial charge on any atom is 0.253 e. The summed E-state index contributed by atoms with van der Waals surface area (Å²) in [4.78, 5) is 13.7. The van der Waals surface area contributed by atoms with Crippen molar-refractivity contribution in [2.24, 2.45) is 5.73 Å². The number of rotatable bonds is 1. The van der Waals surface area contributed by atoms with Crippen LogP contribution in [0.3, 0.4) is 0 Å². The quantitative estimate of drug-likeness (QED) is 0.750. The zero-order chi connectivity index (χ0) is 11.5. The molecule has 0 unspecified atom stereocenters. The second-order valence-electron chi connectivity index (χ2n) is 3.99. The van der Waals surface area contributed by atoms with Crippen LogP contribution >= 0.6 is 0 Å². The van der Waals surface area contributed by atoms with E-state index in [2.05, 4.69) is 0 Å². The number of carbonyl (C=O) groups excluding carboxylic acids is 1. The number of amides is 1. The van der Waals surface area contributed by atoms with Crippen LogP contribution in [0.5, 0.6) is 0 Å². The van der Waals surface area contributed by atoms with Gasteiger partial charge in [0.25, 0.3) is 5.91 Å². The van der Waals surface area contributed by atoms with E-state index in [1.54, 1.807) is 29.2 Å². The second-order valence-corrected chi connectivity index (χ2v) is 3.99. The Bertz CT molecular complexity index is 433. The van der Waals surface area contributed by atoms with E-state index in [0.717, 1.165) is 13.0 Å². The van der Waals surface area contributed by atoms with Crippen LogP contribution in [0.1, 0.15) is 22.3 Å². The Hall–Kier alpha value is -1.86. The van der Waals surface area contributed by atoms with Crippen LogP contribution in [0.15, 0.2) is 24.3 Å². The van der Waals surface area contributed by atoms with Crippen molar-refractivity contribution in [1.82, 2.24) is 4.90 Å². The lowest BCUT2D eigenvalue weighted by atomic mass is 10.1. The van der Waals surface area contributed by atoms with E-state index in [4.69, 9.17) is 11.0 Å². The molecule has 2 rings (SSSR count). The van der Waals surface area contributed by atoms with Gasteiger partial charge in [0.05, 0.1) is 11.6 Å². The van der Waals surface area contributed by atoms with Gasteiger partial charge in [-0.05, 0) is 30.7 Å². The highest BCUT2D eigenvalue weighted by atomic mass is 16.2. The summed E-state index contributed by atoms with van der Waals surface area (Å²) < 4.78 is 0. The van der Waals surface area contributed by atoms with Gasteiger partial charge in [-0.15, -0.1) is 0 Å². The fourth-order valence-corrected chi connectivity index (χ4v) is 1.84. The van der Waals surface area contributed by atoms with Gasteiger partial charge in [0.1, 0.15) is 0 Å². The van der Waals surface area contributed by atoms with Crippen LogP contribution in [0.2, 0.25) is 0 Å². The highest BCUT2D eigenvalue weighted by Gasteiger charge is 2.24. The molecule has 0 aliphatic carbocycles. The average molecular weight is 215 g/mol. The third kappa shape index (κ3) is 2.05. The molecule has 0 saturated carbocycles. The summed E-state index contributed by atoms with van der Waals surface area (Å²) in [6.45, 7) is 1.35. The first-order valence-corrected chi connectivity index (χ1v) is 5.25. The van der Waals surface area contributed by atoms with Crippen molar-refractivity contribution in [1.29, 1.82) is 5.26 Å². The first-order valence-electron chi connectivity index (χ1n) is 5.25. The molecule has 0 spiro atoms. The van der Waals surface area contributed by atoms with E-state index in [9.17, 15) is 4.79 Å². The molecule has 0 aromatic heterocycles. The fourth-order valence-electron chi connectivity index (χ4n) is 1.84. The summed E-state index contributed by atoms with van der Waals surface area (Å²) in [5.41, 5.74) is 6.93. The van der Waals surface area contributed by atoms with Gasteiger partial charge >= 0.3 is 0 Å². The van der Waals surface area contributed by atoms with Crippen molar-refractivity contribution in [3.63, 3.8) is 0 Å². The zero-order valence-electron chi connectivity index (χ0n) is 8.89. The number of benzene rings is 1. The normalized spacial score (nSPS) is 19.5. The van der Waals surface area contributed by atoms with Crippen molar-refractivity contribution in [3.05, 3.63) is 35.4 Å². The predicted molar refractivity (Wildman–Crippen MR) is 59.7 cm³/mol. The molecule has 1 aromatic carbocycles. The van der Waals surface area contributed by atoms with Gasteiger partial charge in [-0.1, -0.05) is 0 Å². The van der Waals surface area contributed by atoms with Crippen LogP contribution in [-0.4, -0.2) is 29.9 Å². The van der Waals surface area contributed by atoms with Crippen LogP contribution in [0.25, 0.3) is 0 Å². The SMILES string of the molecule is N#Cc1ccc(C(=O)N2CC[C@@H](N)C2)cc1. The van der Waals surface area contributed by atoms with Crippen molar-refractivity contribution in [2.75, 3.05) is 13.1 Å². The number of nitrogens with two attached hydrogens (primary N) is 1. The molecule has 1 amide bonds. The highest BCUT2D eigenvalue weighted by molar-refractivity contribution is 5.94. The van der Waals surface area contributed by atoms with E-state index < -0.39 is 0 Å². The Morgan fingerprint density at radius 1 is 1.44 bits per heavy atom. The smallest absolute Gasteiger partial charge is 0.253 e. The molecular formula is C12H13N3O. The molecule has 4 nitrogen and oxygen atoms in total. The summed E-state index contributed by atoms with van der Waals surface area (Å²) in [6.07, 6.45) is 0.863. The van der Waals surface area contributed by atoms with Crippen molar-refractivity contribution >= 4 is 5.91 Å². The minimum atomic E-state index is -0.00237. The molecule has 1 heterocycles. The first kappa shape index (κ1) is 10.7. The molecule has 1 saturated heterocycles. The third-order valence-electron chi connectivity index (χ3n) is 2.77. The maximum atomic E-state index is 12.0. The topological polar surface area (TPSA) is 70.1 Å². The van der Waals surface area contributed by atoms with Gasteiger partial charge in [0, 0.05) is 24.7 Å². The number of hydrogen-bond acceptors (Lipinski definition) is 3. The van der Waals surface area contributed by atoms with Crippen LogP contribution in [0, 0.1) is 11.3 Å². The molecule has 4 heteroatoms. The summed E-state index contributed by atoms with van der Waals surface area (Å²) in [5.74, 6) is -0.00237. The van der Waals surface area contributed by atoms with E-state index in [-0.39, 0.29) is 11.9 Å². The van der Waals surface area contributed by atoms with Gasteiger partial charge in [-0.25, -0.2) is 0 Å². The van der Waals surface area contributed by atoms with Gasteiger partial charge in [0.15, 0.2) is 0 Å². The summed E-state index contributed by atoms with van der Waals surface area (Å²) in [6, 6.07) is 8.81. The average Bonchev–Trinajstić information content (AvgIpc) is 2.75. The highest BCUT2D eigenvalue weighted by Crippen LogP contribution is 2.12. The lowest BCUT2D eigenvalue weighted by Gasteiger charge is -2.15. The molecule has 1 aromatic rings. The summed E-state index contributed by atoms with van der Waals surface area (Å²) in [5, 5.41) is 8.65. The van der Waals surface area contributed by atoms with Crippen LogP contribution < -0.4 is 5.73 Å². The largest absolute Gasteiger partial charge is 0.337 e.